The molecule has 1 aromatic carbocycles. The van der Waals surface area contributed by atoms with Crippen molar-refractivity contribution in [2.75, 3.05) is 12.4 Å². The van der Waals surface area contributed by atoms with Gasteiger partial charge in [0.05, 0.1) is 18.5 Å². The van der Waals surface area contributed by atoms with Crippen LogP contribution in [0.5, 0.6) is 5.75 Å². The zero-order chi connectivity index (χ0) is 15.4. The number of anilines is 1. The van der Waals surface area contributed by atoms with Crippen molar-refractivity contribution in [1.82, 2.24) is 15.1 Å². The van der Waals surface area contributed by atoms with Gasteiger partial charge in [-0.25, -0.2) is 0 Å². The molecule has 1 aromatic heterocycles. The first-order valence-electron chi connectivity index (χ1n) is 6.70. The molecule has 0 bridgehead atoms. The lowest BCUT2D eigenvalue weighted by atomic mass is 10.2. The van der Waals surface area contributed by atoms with Gasteiger partial charge in [0.2, 0.25) is 0 Å². The quantitative estimate of drug-likeness (QED) is 0.850. The summed E-state index contributed by atoms with van der Waals surface area (Å²) in [4.78, 5) is 0. The molecule has 0 aliphatic carbocycles. The Morgan fingerprint density at radius 2 is 2.05 bits per heavy atom. The van der Waals surface area contributed by atoms with Crippen LogP contribution in [0.2, 0.25) is 0 Å². The first-order valence-corrected chi connectivity index (χ1v) is 7.10. The fourth-order valence-electron chi connectivity index (χ4n) is 2.16. The highest BCUT2D eigenvalue weighted by molar-refractivity contribution is 7.80. The van der Waals surface area contributed by atoms with Crippen molar-refractivity contribution in [3.8, 4) is 5.75 Å². The van der Waals surface area contributed by atoms with Crippen LogP contribution in [0.1, 0.15) is 17.0 Å². The number of aromatic nitrogens is 2. The topological polar surface area (TPSA) is 51.1 Å². The molecule has 2 N–H and O–H groups in total. The van der Waals surface area contributed by atoms with E-state index in [2.05, 4.69) is 15.7 Å². The molecule has 0 unspecified atom stereocenters. The van der Waals surface area contributed by atoms with Crippen LogP contribution in [0.15, 0.2) is 24.3 Å². The van der Waals surface area contributed by atoms with E-state index in [1.807, 2.05) is 49.8 Å². The zero-order valence-electron chi connectivity index (χ0n) is 12.7. The fourth-order valence-corrected chi connectivity index (χ4v) is 2.34. The number of benzene rings is 1. The van der Waals surface area contributed by atoms with E-state index in [4.69, 9.17) is 17.0 Å². The molecular formula is C15H20N4OS. The normalized spacial score (nSPS) is 10.3. The number of para-hydroxylation sites is 2. The minimum atomic E-state index is 0.558. The van der Waals surface area contributed by atoms with Crippen LogP contribution in [0, 0.1) is 13.8 Å². The Labute approximate surface area is 130 Å². The smallest absolute Gasteiger partial charge is 0.171 e. The van der Waals surface area contributed by atoms with Gasteiger partial charge in [0, 0.05) is 24.8 Å². The van der Waals surface area contributed by atoms with Crippen molar-refractivity contribution in [3.63, 3.8) is 0 Å². The summed E-state index contributed by atoms with van der Waals surface area (Å²) in [5.41, 5.74) is 4.17. The Kier molecular flexibility index (Phi) is 4.80. The lowest BCUT2D eigenvalue weighted by Gasteiger charge is -2.13. The fraction of sp³-hybridized carbons (Fsp3) is 0.333. The van der Waals surface area contributed by atoms with Crippen molar-refractivity contribution in [2.45, 2.75) is 20.4 Å². The van der Waals surface area contributed by atoms with Crippen molar-refractivity contribution >= 4 is 23.0 Å². The van der Waals surface area contributed by atoms with Crippen LogP contribution < -0.4 is 15.4 Å². The summed E-state index contributed by atoms with van der Waals surface area (Å²) in [6, 6.07) is 7.67. The summed E-state index contributed by atoms with van der Waals surface area (Å²) in [6.07, 6.45) is 0. The molecule has 112 valence electrons. The van der Waals surface area contributed by atoms with Gasteiger partial charge in [0.1, 0.15) is 5.75 Å². The van der Waals surface area contributed by atoms with E-state index in [-0.39, 0.29) is 0 Å². The third kappa shape index (κ3) is 3.52. The third-order valence-corrected chi connectivity index (χ3v) is 3.69. The Balaban J connectivity index is 1.99. The molecule has 0 atom stereocenters. The molecule has 0 aliphatic heterocycles. The standard InChI is InChI=1S/C15H20N4OS/c1-10-12(11(2)19(3)18-10)9-16-15(21)17-13-7-5-6-8-14(13)20-4/h5-8H,9H2,1-4H3,(H2,16,17,21). The number of rotatable bonds is 4. The van der Waals surface area contributed by atoms with Crippen LogP contribution in [0.4, 0.5) is 5.69 Å². The number of nitrogens with one attached hydrogen (secondary N) is 2. The van der Waals surface area contributed by atoms with Crippen LogP contribution in [0.25, 0.3) is 0 Å². The number of aryl methyl sites for hydroxylation is 2. The minimum Gasteiger partial charge on any atom is -0.495 e. The van der Waals surface area contributed by atoms with Gasteiger partial charge in [-0.15, -0.1) is 0 Å². The maximum absolute atomic E-state index is 5.33. The van der Waals surface area contributed by atoms with Gasteiger partial charge in [-0.05, 0) is 38.2 Å². The van der Waals surface area contributed by atoms with Crippen LogP contribution >= 0.6 is 12.2 Å². The summed E-state index contributed by atoms with van der Waals surface area (Å²) < 4.78 is 7.17. The molecule has 0 radical (unpaired) electrons. The second-order valence-corrected chi connectivity index (χ2v) is 5.19. The van der Waals surface area contributed by atoms with Crippen molar-refractivity contribution < 1.29 is 4.74 Å². The molecular weight excluding hydrogens is 284 g/mol. The van der Waals surface area contributed by atoms with Crippen molar-refractivity contribution in [3.05, 3.63) is 41.2 Å². The Hall–Kier alpha value is -2.08. The van der Waals surface area contributed by atoms with Gasteiger partial charge in [0.15, 0.2) is 5.11 Å². The maximum Gasteiger partial charge on any atom is 0.171 e. The molecule has 0 spiro atoms. The van der Waals surface area contributed by atoms with E-state index < -0.39 is 0 Å². The minimum absolute atomic E-state index is 0.558. The molecule has 2 rings (SSSR count). The first kappa shape index (κ1) is 15.3. The molecule has 21 heavy (non-hydrogen) atoms. The van der Waals surface area contributed by atoms with E-state index in [9.17, 15) is 0 Å². The predicted octanol–water partition coefficient (Wildman–Crippen LogP) is 2.53. The summed E-state index contributed by atoms with van der Waals surface area (Å²) in [7, 11) is 3.58. The lowest BCUT2D eigenvalue weighted by Crippen LogP contribution is -2.28. The van der Waals surface area contributed by atoms with Gasteiger partial charge in [-0.3, -0.25) is 4.68 Å². The Morgan fingerprint density at radius 3 is 2.67 bits per heavy atom. The molecule has 0 aliphatic rings. The highest BCUT2D eigenvalue weighted by Gasteiger charge is 2.10. The second kappa shape index (κ2) is 6.58. The van der Waals surface area contributed by atoms with Gasteiger partial charge in [-0.1, -0.05) is 12.1 Å². The molecule has 0 amide bonds. The maximum atomic E-state index is 5.33. The van der Waals surface area contributed by atoms with E-state index in [0.29, 0.717) is 11.7 Å². The number of methoxy groups -OCH3 is 1. The molecule has 0 saturated heterocycles. The van der Waals surface area contributed by atoms with E-state index in [1.165, 1.54) is 5.56 Å². The highest BCUT2D eigenvalue weighted by Crippen LogP contribution is 2.22. The SMILES string of the molecule is COc1ccccc1NC(=S)NCc1c(C)nn(C)c1C. The highest BCUT2D eigenvalue weighted by atomic mass is 32.1. The number of nitrogens with zero attached hydrogens (tertiary/aromatic N) is 2. The Morgan fingerprint density at radius 1 is 1.33 bits per heavy atom. The number of ether oxygens (including phenoxy) is 1. The summed E-state index contributed by atoms with van der Waals surface area (Å²) >= 11 is 5.33. The van der Waals surface area contributed by atoms with E-state index in [0.717, 1.165) is 22.8 Å². The molecule has 0 fully saturated rings. The first-order chi connectivity index (χ1) is 10.0. The van der Waals surface area contributed by atoms with Gasteiger partial charge in [0.25, 0.3) is 0 Å². The average molecular weight is 304 g/mol. The number of thiocarbonyl (C=S) groups is 1. The number of hydrogen-bond donors (Lipinski definition) is 2. The summed E-state index contributed by atoms with van der Waals surface area (Å²) in [6.45, 7) is 4.70. The van der Waals surface area contributed by atoms with Crippen molar-refractivity contribution in [2.24, 2.45) is 7.05 Å². The van der Waals surface area contributed by atoms with Gasteiger partial charge >= 0.3 is 0 Å². The molecule has 1 heterocycles. The monoisotopic (exact) mass is 304 g/mol. The Bertz CT molecular complexity index is 651. The number of hydrogen-bond acceptors (Lipinski definition) is 3. The van der Waals surface area contributed by atoms with Crippen LogP contribution in [-0.2, 0) is 13.6 Å². The zero-order valence-corrected chi connectivity index (χ0v) is 13.5. The van der Waals surface area contributed by atoms with Gasteiger partial charge < -0.3 is 15.4 Å². The molecule has 6 heteroatoms. The predicted molar refractivity (Wildman–Crippen MR) is 88.7 cm³/mol. The summed E-state index contributed by atoms with van der Waals surface area (Å²) in [5.74, 6) is 0.760. The third-order valence-electron chi connectivity index (χ3n) is 3.44. The van der Waals surface area contributed by atoms with E-state index in [1.54, 1.807) is 7.11 Å². The molecule has 5 nitrogen and oxygen atoms in total. The van der Waals surface area contributed by atoms with Crippen LogP contribution in [-0.4, -0.2) is 22.0 Å². The van der Waals surface area contributed by atoms with E-state index >= 15 is 0 Å². The van der Waals surface area contributed by atoms with Crippen molar-refractivity contribution in [1.29, 1.82) is 0 Å². The second-order valence-electron chi connectivity index (χ2n) is 4.78. The van der Waals surface area contributed by atoms with Crippen LogP contribution in [0.3, 0.4) is 0 Å². The molecule has 2 aromatic rings. The van der Waals surface area contributed by atoms with Gasteiger partial charge in [-0.2, -0.15) is 5.10 Å². The largest absolute Gasteiger partial charge is 0.495 e. The summed E-state index contributed by atoms with van der Waals surface area (Å²) in [5, 5.41) is 11.3. The molecule has 0 saturated carbocycles. The average Bonchev–Trinajstić information content (AvgIpc) is 2.71. The lowest BCUT2D eigenvalue weighted by molar-refractivity contribution is 0.417.